The molecule has 0 aliphatic rings. The molecule has 1 aromatic carbocycles. The number of benzene rings is 1. The van der Waals surface area contributed by atoms with Gasteiger partial charge in [-0.2, -0.15) is 0 Å². The van der Waals surface area contributed by atoms with Crippen molar-refractivity contribution >= 4 is 38.9 Å². The van der Waals surface area contributed by atoms with Crippen molar-refractivity contribution in [3.05, 3.63) is 50.6 Å². The molecular formula is C15H17BrN2OS. The van der Waals surface area contributed by atoms with Crippen molar-refractivity contribution in [1.82, 2.24) is 4.90 Å². The lowest BCUT2D eigenvalue weighted by atomic mass is 10.1. The van der Waals surface area contributed by atoms with Crippen LogP contribution in [0.3, 0.4) is 0 Å². The highest BCUT2D eigenvalue weighted by Crippen LogP contribution is 2.21. The number of anilines is 1. The molecule has 106 valence electrons. The Morgan fingerprint density at radius 2 is 2.20 bits per heavy atom. The minimum absolute atomic E-state index is 0.0483. The first-order valence-electron chi connectivity index (χ1n) is 6.33. The fraction of sp³-hybridized carbons (Fsp3) is 0.267. The second-order valence-corrected chi connectivity index (χ2v) is 6.73. The van der Waals surface area contributed by atoms with Crippen LogP contribution in [0.4, 0.5) is 5.69 Å². The second-order valence-electron chi connectivity index (χ2n) is 4.78. The molecule has 2 aromatic rings. The summed E-state index contributed by atoms with van der Waals surface area (Å²) in [5, 5.41) is 2.05. The summed E-state index contributed by atoms with van der Waals surface area (Å²) in [5.74, 6) is -0.0483. The van der Waals surface area contributed by atoms with Crippen molar-refractivity contribution in [2.75, 3.05) is 12.8 Å². The van der Waals surface area contributed by atoms with Gasteiger partial charge in [-0.25, -0.2) is 0 Å². The maximum atomic E-state index is 12.5. The van der Waals surface area contributed by atoms with Crippen LogP contribution in [-0.2, 0) is 6.42 Å². The minimum Gasteiger partial charge on any atom is -0.398 e. The van der Waals surface area contributed by atoms with Crippen molar-refractivity contribution < 1.29 is 4.79 Å². The summed E-state index contributed by atoms with van der Waals surface area (Å²) in [6, 6.07) is 9.59. The fourth-order valence-corrected chi connectivity index (χ4v) is 3.15. The first-order valence-corrected chi connectivity index (χ1v) is 8.01. The van der Waals surface area contributed by atoms with Gasteiger partial charge in [-0.3, -0.25) is 4.79 Å². The molecule has 0 bridgehead atoms. The highest BCUT2D eigenvalue weighted by molar-refractivity contribution is 9.10. The quantitative estimate of drug-likeness (QED) is 0.850. The van der Waals surface area contributed by atoms with E-state index >= 15 is 0 Å². The van der Waals surface area contributed by atoms with Crippen LogP contribution in [0.5, 0.6) is 0 Å². The number of nitrogens with zero attached hydrogens (tertiary/aromatic N) is 1. The van der Waals surface area contributed by atoms with E-state index in [1.54, 1.807) is 28.4 Å². The summed E-state index contributed by atoms with van der Waals surface area (Å²) in [5.41, 5.74) is 6.95. The Bertz CT molecular complexity index is 598. The van der Waals surface area contributed by atoms with E-state index < -0.39 is 0 Å². The third-order valence-corrected chi connectivity index (χ3v) is 4.70. The van der Waals surface area contributed by atoms with Crippen LogP contribution in [0.25, 0.3) is 0 Å². The number of thiophene rings is 1. The van der Waals surface area contributed by atoms with Crippen LogP contribution in [0.1, 0.15) is 22.2 Å². The third-order valence-electron chi connectivity index (χ3n) is 3.30. The Kier molecular flexibility index (Phi) is 4.83. The Balaban J connectivity index is 2.13. The van der Waals surface area contributed by atoms with E-state index in [0.717, 1.165) is 10.9 Å². The van der Waals surface area contributed by atoms with Gasteiger partial charge in [0.2, 0.25) is 0 Å². The molecule has 0 radical (unpaired) electrons. The standard InChI is InChI=1S/C15H17BrN2OS/c1-10(8-12-4-3-7-20-12)18(2)15(19)13-9-11(16)5-6-14(13)17/h3-7,9-10H,8,17H2,1-2H3. The number of carbonyl (C=O) groups is 1. The second kappa shape index (κ2) is 6.41. The first-order chi connectivity index (χ1) is 9.49. The van der Waals surface area contributed by atoms with Gasteiger partial charge in [0.1, 0.15) is 0 Å². The van der Waals surface area contributed by atoms with E-state index in [9.17, 15) is 4.79 Å². The van der Waals surface area contributed by atoms with Crippen LogP contribution in [0.15, 0.2) is 40.2 Å². The first kappa shape index (κ1) is 15.1. The number of halogens is 1. The Morgan fingerprint density at radius 3 is 2.85 bits per heavy atom. The molecule has 3 nitrogen and oxygen atoms in total. The van der Waals surface area contributed by atoms with Crippen molar-refractivity contribution in [3.8, 4) is 0 Å². The van der Waals surface area contributed by atoms with E-state index in [2.05, 4.69) is 27.4 Å². The third kappa shape index (κ3) is 3.41. The molecule has 0 fully saturated rings. The smallest absolute Gasteiger partial charge is 0.255 e. The molecule has 0 saturated carbocycles. The Hall–Kier alpha value is -1.33. The van der Waals surface area contributed by atoms with Gasteiger partial charge in [0.25, 0.3) is 5.91 Å². The highest BCUT2D eigenvalue weighted by Gasteiger charge is 2.20. The molecule has 0 spiro atoms. The monoisotopic (exact) mass is 352 g/mol. The number of hydrogen-bond donors (Lipinski definition) is 1. The molecule has 0 saturated heterocycles. The van der Waals surface area contributed by atoms with Gasteiger partial charge in [-0.15, -0.1) is 11.3 Å². The van der Waals surface area contributed by atoms with Crippen molar-refractivity contribution in [2.24, 2.45) is 0 Å². The summed E-state index contributed by atoms with van der Waals surface area (Å²) in [7, 11) is 1.82. The van der Waals surface area contributed by atoms with Gasteiger partial charge >= 0.3 is 0 Å². The maximum Gasteiger partial charge on any atom is 0.255 e. The summed E-state index contributed by atoms with van der Waals surface area (Å²) in [4.78, 5) is 15.5. The largest absolute Gasteiger partial charge is 0.398 e. The zero-order valence-electron chi connectivity index (χ0n) is 11.5. The molecular weight excluding hydrogens is 336 g/mol. The molecule has 5 heteroatoms. The van der Waals surface area contributed by atoms with Crippen LogP contribution in [0.2, 0.25) is 0 Å². The number of amides is 1. The molecule has 1 unspecified atom stereocenters. The molecule has 2 N–H and O–H groups in total. The van der Waals surface area contributed by atoms with Gasteiger partial charge < -0.3 is 10.6 Å². The van der Waals surface area contributed by atoms with Gasteiger partial charge in [-0.05, 0) is 36.6 Å². The number of nitrogen functional groups attached to an aromatic ring is 1. The molecule has 0 aliphatic carbocycles. The fourth-order valence-electron chi connectivity index (χ4n) is 1.96. The van der Waals surface area contributed by atoms with Crippen LogP contribution >= 0.6 is 27.3 Å². The van der Waals surface area contributed by atoms with E-state index in [4.69, 9.17) is 5.73 Å². The van der Waals surface area contributed by atoms with E-state index in [0.29, 0.717) is 11.3 Å². The predicted molar refractivity (Wildman–Crippen MR) is 88.1 cm³/mol. The average molecular weight is 353 g/mol. The molecule has 0 aliphatic heterocycles. The van der Waals surface area contributed by atoms with E-state index in [1.165, 1.54) is 4.88 Å². The van der Waals surface area contributed by atoms with E-state index in [1.807, 2.05) is 26.1 Å². The minimum atomic E-state index is -0.0483. The molecule has 2 rings (SSSR count). The number of likely N-dealkylation sites (N-methyl/N-ethyl adjacent to an activating group) is 1. The normalized spacial score (nSPS) is 12.2. The van der Waals surface area contributed by atoms with Gasteiger partial charge in [0.15, 0.2) is 0 Å². The average Bonchev–Trinajstić information content (AvgIpc) is 2.92. The maximum absolute atomic E-state index is 12.5. The van der Waals surface area contributed by atoms with Gasteiger partial charge in [0.05, 0.1) is 5.56 Å². The molecule has 20 heavy (non-hydrogen) atoms. The summed E-state index contributed by atoms with van der Waals surface area (Å²) in [6.45, 7) is 2.05. The summed E-state index contributed by atoms with van der Waals surface area (Å²) >= 11 is 5.09. The molecule has 1 heterocycles. The van der Waals surface area contributed by atoms with Crippen molar-refractivity contribution in [2.45, 2.75) is 19.4 Å². The van der Waals surface area contributed by atoms with Gasteiger partial charge in [0, 0.05) is 34.5 Å². The number of nitrogens with two attached hydrogens (primary N) is 1. The lowest BCUT2D eigenvalue weighted by Gasteiger charge is -2.25. The summed E-state index contributed by atoms with van der Waals surface area (Å²) < 4.78 is 0.856. The van der Waals surface area contributed by atoms with Crippen LogP contribution < -0.4 is 5.73 Å². The van der Waals surface area contributed by atoms with Crippen LogP contribution in [0, 0.1) is 0 Å². The number of carbonyl (C=O) groups excluding carboxylic acids is 1. The topological polar surface area (TPSA) is 46.3 Å². The number of hydrogen-bond acceptors (Lipinski definition) is 3. The Labute approximate surface area is 131 Å². The number of rotatable bonds is 4. The zero-order valence-corrected chi connectivity index (χ0v) is 13.9. The van der Waals surface area contributed by atoms with Gasteiger partial charge in [-0.1, -0.05) is 22.0 Å². The SMILES string of the molecule is CC(Cc1cccs1)N(C)C(=O)c1cc(Br)ccc1N. The Morgan fingerprint density at radius 1 is 1.45 bits per heavy atom. The summed E-state index contributed by atoms with van der Waals surface area (Å²) in [6.07, 6.45) is 0.855. The van der Waals surface area contributed by atoms with E-state index in [-0.39, 0.29) is 11.9 Å². The van der Waals surface area contributed by atoms with Crippen LogP contribution in [-0.4, -0.2) is 23.9 Å². The lowest BCUT2D eigenvalue weighted by Crippen LogP contribution is -2.36. The van der Waals surface area contributed by atoms with Crippen molar-refractivity contribution in [1.29, 1.82) is 0 Å². The van der Waals surface area contributed by atoms with Crippen molar-refractivity contribution in [3.63, 3.8) is 0 Å². The molecule has 1 aromatic heterocycles. The highest BCUT2D eigenvalue weighted by atomic mass is 79.9. The predicted octanol–water partition coefficient (Wildman–Crippen LogP) is 3.80. The lowest BCUT2D eigenvalue weighted by molar-refractivity contribution is 0.0745. The molecule has 1 amide bonds. The zero-order chi connectivity index (χ0) is 14.7. The molecule has 1 atom stereocenters.